The molecular formula is C16H24N2. The molecule has 0 bridgehead atoms. The Morgan fingerprint density at radius 1 is 1.22 bits per heavy atom. The molecule has 0 aromatic carbocycles. The first-order valence-corrected chi connectivity index (χ1v) is 7.54. The second-order valence-corrected chi connectivity index (χ2v) is 6.10. The second-order valence-electron chi connectivity index (χ2n) is 6.10. The van der Waals surface area contributed by atoms with Gasteiger partial charge in [-0.15, -0.1) is 0 Å². The zero-order valence-electron chi connectivity index (χ0n) is 11.1. The summed E-state index contributed by atoms with van der Waals surface area (Å²) in [4.78, 5) is 4.57. The standard InChI is InChI=1S/C16H24N2/c17-15(11-12-5-2-1-3-6-12)14-9-8-13-7-4-10-18-16(13)14/h4,7,10,12,14-15H,1-3,5-6,8-9,11,17H2. The van der Waals surface area contributed by atoms with E-state index in [1.807, 2.05) is 12.3 Å². The van der Waals surface area contributed by atoms with E-state index in [4.69, 9.17) is 5.73 Å². The highest BCUT2D eigenvalue weighted by Gasteiger charge is 2.30. The van der Waals surface area contributed by atoms with E-state index < -0.39 is 0 Å². The van der Waals surface area contributed by atoms with Crippen LogP contribution < -0.4 is 5.73 Å². The predicted octanol–water partition coefficient (Wildman–Crippen LogP) is 3.41. The Morgan fingerprint density at radius 2 is 2.06 bits per heavy atom. The van der Waals surface area contributed by atoms with E-state index in [1.165, 1.54) is 62.6 Å². The fourth-order valence-electron chi connectivity index (χ4n) is 3.83. The third-order valence-corrected chi connectivity index (χ3v) is 4.85. The zero-order chi connectivity index (χ0) is 12.4. The molecule has 3 rings (SSSR count). The molecular weight excluding hydrogens is 220 g/mol. The van der Waals surface area contributed by atoms with Crippen LogP contribution in [-0.4, -0.2) is 11.0 Å². The number of fused-ring (bicyclic) bond motifs is 1. The Kier molecular flexibility index (Phi) is 3.64. The van der Waals surface area contributed by atoms with Crippen molar-refractivity contribution in [3.63, 3.8) is 0 Å². The van der Waals surface area contributed by atoms with Gasteiger partial charge < -0.3 is 5.73 Å². The van der Waals surface area contributed by atoms with E-state index in [-0.39, 0.29) is 0 Å². The Morgan fingerprint density at radius 3 is 2.89 bits per heavy atom. The summed E-state index contributed by atoms with van der Waals surface area (Å²) < 4.78 is 0. The van der Waals surface area contributed by atoms with Gasteiger partial charge in [-0.2, -0.15) is 0 Å². The van der Waals surface area contributed by atoms with Gasteiger partial charge in [0.05, 0.1) is 0 Å². The molecule has 2 atom stereocenters. The van der Waals surface area contributed by atoms with E-state index in [0.29, 0.717) is 12.0 Å². The quantitative estimate of drug-likeness (QED) is 0.885. The smallest absolute Gasteiger partial charge is 0.0482 e. The predicted molar refractivity (Wildman–Crippen MR) is 74.5 cm³/mol. The van der Waals surface area contributed by atoms with Crippen molar-refractivity contribution in [1.29, 1.82) is 0 Å². The van der Waals surface area contributed by atoms with E-state index in [0.717, 1.165) is 5.92 Å². The molecule has 2 N–H and O–H groups in total. The van der Waals surface area contributed by atoms with Gasteiger partial charge in [-0.1, -0.05) is 38.2 Å². The van der Waals surface area contributed by atoms with Gasteiger partial charge in [0.25, 0.3) is 0 Å². The van der Waals surface area contributed by atoms with Crippen LogP contribution in [0.5, 0.6) is 0 Å². The van der Waals surface area contributed by atoms with Crippen molar-refractivity contribution in [2.75, 3.05) is 0 Å². The minimum Gasteiger partial charge on any atom is -0.327 e. The van der Waals surface area contributed by atoms with E-state index in [9.17, 15) is 0 Å². The van der Waals surface area contributed by atoms with Crippen molar-refractivity contribution in [3.8, 4) is 0 Å². The first-order chi connectivity index (χ1) is 8.84. The highest BCUT2D eigenvalue weighted by Crippen LogP contribution is 2.37. The number of hydrogen-bond donors (Lipinski definition) is 1. The van der Waals surface area contributed by atoms with Crippen LogP contribution in [0.3, 0.4) is 0 Å². The maximum absolute atomic E-state index is 6.48. The number of nitrogens with zero attached hydrogens (tertiary/aromatic N) is 1. The summed E-state index contributed by atoms with van der Waals surface area (Å²) in [5.74, 6) is 1.39. The van der Waals surface area contributed by atoms with Crippen LogP contribution in [0, 0.1) is 5.92 Å². The lowest BCUT2D eigenvalue weighted by Gasteiger charge is -2.27. The Hall–Kier alpha value is -0.890. The summed E-state index contributed by atoms with van der Waals surface area (Å²) in [6.07, 6.45) is 12.6. The largest absolute Gasteiger partial charge is 0.327 e. The summed E-state index contributed by atoms with van der Waals surface area (Å²) in [5.41, 5.74) is 9.21. The number of rotatable bonds is 3. The highest BCUT2D eigenvalue weighted by atomic mass is 14.8. The molecule has 1 aromatic heterocycles. The summed E-state index contributed by atoms with van der Waals surface area (Å²) in [5, 5.41) is 0. The molecule has 1 aromatic rings. The molecule has 2 unspecified atom stereocenters. The number of aromatic nitrogens is 1. The van der Waals surface area contributed by atoms with E-state index in [2.05, 4.69) is 11.1 Å². The average molecular weight is 244 g/mol. The van der Waals surface area contributed by atoms with Crippen LogP contribution in [0.1, 0.15) is 62.1 Å². The summed E-state index contributed by atoms with van der Waals surface area (Å²) in [6, 6.07) is 4.59. The van der Waals surface area contributed by atoms with Crippen LogP contribution in [0.15, 0.2) is 18.3 Å². The maximum Gasteiger partial charge on any atom is 0.0482 e. The number of nitrogens with two attached hydrogens (primary N) is 1. The van der Waals surface area contributed by atoms with Gasteiger partial charge in [0, 0.05) is 23.9 Å². The van der Waals surface area contributed by atoms with Gasteiger partial charge >= 0.3 is 0 Å². The molecule has 0 spiro atoms. The van der Waals surface area contributed by atoms with E-state index in [1.54, 1.807) is 0 Å². The summed E-state index contributed by atoms with van der Waals surface area (Å²) in [7, 11) is 0. The van der Waals surface area contributed by atoms with Gasteiger partial charge in [-0.25, -0.2) is 0 Å². The lowest BCUT2D eigenvalue weighted by Crippen LogP contribution is -2.30. The lowest BCUT2D eigenvalue weighted by atomic mass is 9.81. The monoisotopic (exact) mass is 244 g/mol. The summed E-state index contributed by atoms with van der Waals surface area (Å²) in [6.45, 7) is 0. The van der Waals surface area contributed by atoms with Gasteiger partial charge in [0.2, 0.25) is 0 Å². The molecule has 1 saturated carbocycles. The molecule has 0 saturated heterocycles. The Balaban J connectivity index is 1.64. The maximum atomic E-state index is 6.48. The molecule has 0 amide bonds. The average Bonchev–Trinajstić information content (AvgIpc) is 2.84. The number of aryl methyl sites for hydroxylation is 1. The van der Waals surface area contributed by atoms with Gasteiger partial charge in [0.15, 0.2) is 0 Å². The molecule has 1 heterocycles. The lowest BCUT2D eigenvalue weighted by molar-refractivity contribution is 0.301. The van der Waals surface area contributed by atoms with Crippen LogP contribution in [0.25, 0.3) is 0 Å². The fourth-order valence-corrected chi connectivity index (χ4v) is 3.83. The number of pyridine rings is 1. The van der Waals surface area contributed by atoms with Crippen LogP contribution in [0.4, 0.5) is 0 Å². The van der Waals surface area contributed by atoms with Crippen LogP contribution >= 0.6 is 0 Å². The molecule has 2 nitrogen and oxygen atoms in total. The van der Waals surface area contributed by atoms with Crippen molar-refractivity contribution in [2.45, 2.75) is 63.3 Å². The molecule has 0 aliphatic heterocycles. The van der Waals surface area contributed by atoms with Gasteiger partial charge in [-0.3, -0.25) is 4.98 Å². The molecule has 1 fully saturated rings. The van der Waals surface area contributed by atoms with Crippen molar-refractivity contribution in [3.05, 3.63) is 29.6 Å². The minimum absolute atomic E-state index is 0.323. The molecule has 18 heavy (non-hydrogen) atoms. The molecule has 98 valence electrons. The fraction of sp³-hybridized carbons (Fsp3) is 0.688. The highest BCUT2D eigenvalue weighted by molar-refractivity contribution is 5.29. The van der Waals surface area contributed by atoms with Crippen molar-refractivity contribution < 1.29 is 0 Å². The normalized spacial score (nSPS) is 25.9. The third-order valence-electron chi connectivity index (χ3n) is 4.85. The van der Waals surface area contributed by atoms with Crippen molar-refractivity contribution >= 4 is 0 Å². The summed E-state index contributed by atoms with van der Waals surface area (Å²) >= 11 is 0. The van der Waals surface area contributed by atoms with Gasteiger partial charge in [0.1, 0.15) is 0 Å². The van der Waals surface area contributed by atoms with E-state index >= 15 is 0 Å². The molecule has 2 aliphatic rings. The zero-order valence-corrected chi connectivity index (χ0v) is 11.1. The molecule has 0 radical (unpaired) electrons. The molecule has 2 aliphatic carbocycles. The van der Waals surface area contributed by atoms with Crippen LogP contribution in [-0.2, 0) is 6.42 Å². The van der Waals surface area contributed by atoms with Crippen molar-refractivity contribution in [1.82, 2.24) is 4.98 Å². The Bertz CT molecular complexity index is 396. The van der Waals surface area contributed by atoms with Crippen molar-refractivity contribution in [2.24, 2.45) is 11.7 Å². The van der Waals surface area contributed by atoms with Gasteiger partial charge in [-0.05, 0) is 36.8 Å². The molecule has 2 heteroatoms. The second kappa shape index (κ2) is 5.40. The minimum atomic E-state index is 0.323. The van der Waals surface area contributed by atoms with Crippen LogP contribution in [0.2, 0.25) is 0 Å². The Labute approximate surface area is 110 Å². The first-order valence-electron chi connectivity index (χ1n) is 7.54. The topological polar surface area (TPSA) is 38.9 Å². The third kappa shape index (κ3) is 2.44. The number of hydrogen-bond acceptors (Lipinski definition) is 2. The first kappa shape index (κ1) is 12.2. The SMILES string of the molecule is NC(CC1CCCCC1)C1CCc2cccnc21.